The van der Waals surface area contributed by atoms with E-state index in [1.54, 1.807) is 13.2 Å². The summed E-state index contributed by atoms with van der Waals surface area (Å²) in [6.07, 6.45) is 1.84. The topological polar surface area (TPSA) is 70.7 Å². The predicted octanol–water partition coefficient (Wildman–Crippen LogP) is 1.78. The standard InChI is InChI=1S/C14H14N4O/c1-10-3-5-11(6-4-10)7-13(19)16-14-12(8-15)9-18(2)17-14/h3-6,9H,7H2,1-2H3,(H,16,17,19). The summed E-state index contributed by atoms with van der Waals surface area (Å²) in [4.78, 5) is 11.9. The molecule has 19 heavy (non-hydrogen) atoms. The van der Waals surface area contributed by atoms with Crippen LogP contribution in [0, 0.1) is 18.3 Å². The minimum Gasteiger partial charge on any atom is -0.308 e. The Balaban J connectivity index is 2.05. The highest BCUT2D eigenvalue weighted by Gasteiger charge is 2.11. The highest BCUT2D eigenvalue weighted by Crippen LogP contribution is 2.12. The average Bonchev–Trinajstić information content (AvgIpc) is 2.72. The fourth-order valence-electron chi connectivity index (χ4n) is 1.73. The van der Waals surface area contributed by atoms with Gasteiger partial charge in [0.05, 0.1) is 6.42 Å². The summed E-state index contributed by atoms with van der Waals surface area (Å²) in [6, 6.07) is 9.75. The van der Waals surface area contributed by atoms with E-state index in [4.69, 9.17) is 5.26 Å². The minimum atomic E-state index is -0.181. The maximum Gasteiger partial charge on any atom is 0.230 e. The molecule has 1 heterocycles. The van der Waals surface area contributed by atoms with Gasteiger partial charge in [0, 0.05) is 13.2 Å². The maximum absolute atomic E-state index is 11.9. The summed E-state index contributed by atoms with van der Waals surface area (Å²) in [5.41, 5.74) is 2.44. The van der Waals surface area contributed by atoms with Crippen molar-refractivity contribution in [2.75, 3.05) is 5.32 Å². The Labute approximate surface area is 111 Å². The van der Waals surface area contributed by atoms with E-state index < -0.39 is 0 Å². The molecule has 1 N–H and O–H groups in total. The molecule has 0 radical (unpaired) electrons. The average molecular weight is 254 g/mol. The number of hydrogen-bond donors (Lipinski definition) is 1. The molecule has 0 fully saturated rings. The van der Waals surface area contributed by atoms with Gasteiger partial charge in [-0.2, -0.15) is 10.4 Å². The first-order valence-electron chi connectivity index (χ1n) is 5.87. The third kappa shape index (κ3) is 3.19. The van der Waals surface area contributed by atoms with Crippen LogP contribution in [0.25, 0.3) is 0 Å². The van der Waals surface area contributed by atoms with Crippen molar-refractivity contribution in [2.45, 2.75) is 13.3 Å². The number of nitriles is 1. The fourth-order valence-corrected chi connectivity index (χ4v) is 1.73. The minimum absolute atomic E-state index is 0.181. The van der Waals surface area contributed by atoms with Crippen LogP contribution in [0.1, 0.15) is 16.7 Å². The normalized spacial score (nSPS) is 9.95. The zero-order valence-corrected chi connectivity index (χ0v) is 10.8. The van der Waals surface area contributed by atoms with E-state index in [-0.39, 0.29) is 12.3 Å². The van der Waals surface area contributed by atoms with Crippen molar-refractivity contribution in [3.8, 4) is 6.07 Å². The monoisotopic (exact) mass is 254 g/mol. The molecule has 2 aromatic rings. The van der Waals surface area contributed by atoms with Gasteiger partial charge in [0.1, 0.15) is 11.6 Å². The lowest BCUT2D eigenvalue weighted by atomic mass is 10.1. The molecule has 0 aliphatic heterocycles. The van der Waals surface area contributed by atoms with E-state index in [1.807, 2.05) is 37.3 Å². The maximum atomic E-state index is 11.9. The number of nitrogens with one attached hydrogen (secondary N) is 1. The van der Waals surface area contributed by atoms with E-state index in [0.717, 1.165) is 11.1 Å². The zero-order valence-electron chi connectivity index (χ0n) is 10.8. The van der Waals surface area contributed by atoms with Gasteiger partial charge >= 0.3 is 0 Å². The molecule has 1 aromatic carbocycles. The molecule has 0 aliphatic rings. The number of carbonyl (C=O) groups excluding carboxylic acids is 1. The molecule has 1 amide bonds. The Morgan fingerprint density at radius 1 is 1.42 bits per heavy atom. The number of amides is 1. The van der Waals surface area contributed by atoms with Gasteiger partial charge in [-0.05, 0) is 12.5 Å². The predicted molar refractivity (Wildman–Crippen MR) is 71.4 cm³/mol. The van der Waals surface area contributed by atoms with Crippen molar-refractivity contribution in [1.29, 1.82) is 5.26 Å². The first-order chi connectivity index (χ1) is 9.08. The number of aromatic nitrogens is 2. The van der Waals surface area contributed by atoms with E-state index >= 15 is 0 Å². The second-order valence-corrected chi connectivity index (χ2v) is 4.39. The quantitative estimate of drug-likeness (QED) is 0.907. The smallest absolute Gasteiger partial charge is 0.230 e. The highest BCUT2D eigenvalue weighted by atomic mass is 16.1. The van der Waals surface area contributed by atoms with Gasteiger partial charge in [0.15, 0.2) is 5.82 Å². The van der Waals surface area contributed by atoms with Crippen LogP contribution < -0.4 is 5.32 Å². The third-order valence-corrected chi connectivity index (χ3v) is 2.69. The summed E-state index contributed by atoms with van der Waals surface area (Å²) in [5.74, 6) is 0.126. The lowest BCUT2D eigenvalue weighted by Crippen LogP contribution is -2.15. The number of anilines is 1. The molecule has 0 saturated carbocycles. The van der Waals surface area contributed by atoms with E-state index in [0.29, 0.717) is 11.4 Å². The molecule has 0 aliphatic carbocycles. The largest absolute Gasteiger partial charge is 0.308 e. The van der Waals surface area contributed by atoms with Gasteiger partial charge in [-0.3, -0.25) is 9.48 Å². The number of aryl methyl sites for hydroxylation is 2. The number of carbonyl (C=O) groups is 1. The molecule has 0 spiro atoms. The van der Waals surface area contributed by atoms with Crippen molar-refractivity contribution >= 4 is 11.7 Å². The van der Waals surface area contributed by atoms with E-state index in [1.165, 1.54) is 4.68 Å². The van der Waals surface area contributed by atoms with Crippen LogP contribution in [0.15, 0.2) is 30.5 Å². The molecular weight excluding hydrogens is 240 g/mol. The number of nitrogens with zero attached hydrogens (tertiary/aromatic N) is 3. The second kappa shape index (κ2) is 5.36. The zero-order chi connectivity index (χ0) is 13.8. The van der Waals surface area contributed by atoms with Crippen molar-refractivity contribution in [3.05, 3.63) is 47.2 Å². The molecule has 0 saturated heterocycles. The lowest BCUT2D eigenvalue weighted by Gasteiger charge is -2.03. The van der Waals surface area contributed by atoms with Crippen molar-refractivity contribution in [3.63, 3.8) is 0 Å². The molecule has 0 bridgehead atoms. The van der Waals surface area contributed by atoms with Crippen LogP contribution >= 0.6 is 0 Å². The second-order valence-electron chi connectivity index (χ2n) is 4.39. The van der Waals surface area contributed by atoms with E-state index in [9.17, 15) is 4.79 Å². The van der Waals surface area contributed by atoms with Crippen LogP contribution in [-0.4, -0.2) is 15.7 Å². The first kappa shape index (κ1) is 12.8. The highest BCUT2D eigenvalue weighted by molar-refractivity contribution is 5.92. The van der Waals surface area contributed by atoms with Crippen LogP contribution in [0.4, 0.5) is 5.82 Å². The summed E-state index contributed by atoms with van der Waals surface area (Å²) in [5, 5.41) is 15.6. The van der Waals surface area contributed by atoms with E-state index in [2.05, 4.69) is 10.4 Å². The Bertz CT molecular complexity index is 634. The van der Waals surface area contributed by atoms with Crippen molar-refractivity contribution in [2.24, 2.45) is 7.05 Å². The Morgan fingerprint density at radius 2 is 2.11 bits per heavy atom. The third-order valence-electron chi connectivity index (χ3n) is 2.69. The molecular formula is C14H14N4O. The Kier molecular flexibility index (Phi) is 3.62. The van der Waals surface area contributed by atoms with Crippen LogP contribution in [-0.2, 0) is 18.3 Å². The van der Waals surface area contributed by atoms with Crippen LogP contribution in [0.2, 0.25) is 0 Å². The number of benzene rings is 1. The number of hydrogen-bond acceptors (Lipinski definition) is 3. The molecule has 5 nitrogen and oxygen atoms in total. The van der Waals surface area contributed by atoms with Crippen molar-refractivity contribution < 1.29 is 4.79 Å². The molecule has 2 rings (SSSR count). The molecule has 96 valence electrons. The molecule has 0 unspecified atom stereocenters. The van der Waals surface area contributed by atoms with Crippen LogP contribution in [0.3, 0.4) is 0 Å². The summed E-state index contributed by atoms with van der Waals surface area (Å²) < 4.78 is 1.50. The van der Waals surface area contributed by atoms with Crippen LogP contribution in [0.5, 0.6) is 0 Å². The molecule has 5 heteroatoms. The van der Waals surface area contributed by atoms with Gasteiger partial charge in [-0.1, -0.05) is 29.8 Å². The van der Waals surface area contributed by atoms with Crippen molar-refractivity contribution in [1.82, 2.24) is 9.78 Å². The fraction of sp³-hybridized carbons (Fsp3) is 0.214. The summed E-state index contributed by atoms with van der Waals surface area (Å²) >= 11 is 0. The molecule has 0 atom stereocenters. The Hall–Kier alpha value is -2.61. The van der Waals surface area contributed by atoms with Gasteiger partial charge in [0.25, 0.3) is 0 Å². The summed E-state index contributed by atoms with van der Waals surface area (Å²) in [6.45, 7) is 2.00. The lowest BCUT2D eigenvalue weighted by molar-refractivity contribution is -0.115. The van der Waals surface area contributed by atoms with Gasteiger partial charge in [-0.15, -0.1) is 0 Å². The van der Waals surface area contributed by atoms with Gasteiger partial charge in [0.2, 0.25) is 5.91 Å². The summed E-state index contributed by atoms with van der Waals surface area (Å²) in [7, 11) is 1.70. The SMILES string of the molecule is Cc1ccc(CC(=O)Nc2nn(C)cc2C#N)cc1. The molecule has 1 aromatic heterocycles. The first-order valence-corrected chi connectivity index (χ1v) is 5.87. The van der Waals surface area contributed by atoms with Gasteiger partial charge < -0.3 is 5.32 Å². The Morgan fingerprint density at radius 3 is 2.74 bits per heavy atom. The van der Waals surface area contributed by atoms with Gasteiger partial charge in [-0.25, -0.2) is 0 Å². The number of rotatable bonds is 3.